The molecule has 0 aliphatic carbocycles. The van der Waals surface area contributed by atoms with Crippen LogP contribution in [0.3, 0.4) is 0 Å². The number of allylic oxidation sites excluding steroid dienone is 1. The van der Waals surface area contributed by atoms with Crippen LogP contribution < -0.4 is 0 Å². The Morgan fingerprint density at radius 2 is 1.27 bits per heavy atom. The SMILES string of the molecule is C=CCP.F[P-](F)(F)(F)(F)F.[H+]. The van der Waals surface area contributed by atoms with Gasteiger partial charge in [-0.05, 0) is 6.16 Å². The van der Waals surface area contributed by atoms with E-state index >= 15 is 0 Å². The molecular weight excluding hydrogens is 212 g/mol. The number of hydrogen-bond donors (Lipinski definition) is 0. The van der Waals surface area contributed by atoms with Crippen molar-refractivity contribution in [1.82, 2.24) is 0 Å². The van der Waals surface area contributed by atoms with Crippen LogP contribution >= 0.6 is 17.0 Å². The summed E-state index contributed by atoms with van der Waals surface area (Å²) in [6, 6.07) is 0. The van der Waals surface area contributed by atoms with E-state index in [4.69, 9.17) is 0 Å². The van der Waals surface area contributed by atoms with Crippen molar-refractivity contribution in [3.8, 4) is 0 Å². The van der Waals surface area contributed by atoms with E-state index in [0.717, 1.165) is 6.16 Å². The Morgan fingerprint density at radius 3 is 1.27 bits per heavy atom. The third-order valence-corrected chi connectivity index (χ3v) is 0.500. The molecule has 0 aliphatic rings. The fraction of sp³-hybridized carbons (Fsp3) is 0.333. The molecule has 0 amide bonds. The van der Waals surface area contributed by atoms with Gasteiger partial charge in [0.15, 0.2) is 0 Å². The second kappa shape index (κ2) is 2.91. The van der Waals surface area contributed by atoms with E-state index in [1.165, 1.54) is 0 Å². The molecule has 0 aromatic rings. The monoisotopic (exact) mass is 220 g/mol. The second-order valence-electron chi connectivity index (χ2n) is 1.48. The zero-order chi connectivity index (χ0) is 9.82. The molecule has 0 aromatic carbocycles. The van der Waals surface area contributed by atoms with Gasteiger partial charge in [-0.25, -0.2) is 0 Å². The third kappa shape index (κ3) is 489. The molecule has 8 heteroatoms. The second-order valence-corrected chi connectivity index (χ2v) is 3.87. The minimum Gasteiger partial charge on any atom is 1.00 e. The van der Waals surface area contributed by atoms with Crippen LogP contribution in [0, 0.1) is 0 Å². The molecule has 0 saturated carbocycles. The van der Waals surface area contributed by atoms with E-state index in [2.05, 4.69) is 15.8 Å². The molecule has 0 saturated heterocycles. The average Bonchev–Trinajstić information content (AvgIpc) is 1.57. The van der Waals surface area contributed by atoms with Crippen molar-refractivity contribution >= 4 is 17.0 Å². The van der Waals surface area contributed by atoms with Crippen LogP contribution in [0.4, 0.5) is 25.2 Å². The molecule has 0 N–H and O–H groups in total. The molecule has 0 aromatic heterocycles. The maximum Gasteiger partial charge on any atom is 1.00 e. The predicted octanol–water partition coefficient (Wildman–Crippen LogP) is 4.54. The molecule has 0 aliphatic heterocycles. The van der Waals surface area contributed by atoms with Crippen molar-refractivity contribution in [2.75, 3.05) is 6.16 Å². The summed E-state index contributed by atoms with van der Waals surface area (Å²) in [5.41, 5.74) is 0. The standard InChI is InChI=1S/C3H7P.F6P/c1-2-3-4;1-7(2,3,4,5)6/h2H,1,3-4H2;/q;-1/p+1. The Labute approximate surface area is 63.6 Å². The number of hydrogen-bond acceptors (Lipinski definition) is 0. The van der Waals surface area contributed by atoms with Gasteiger partial charge in [0, 0.05) is 0 Å². The zero-order valence-corrected chi connectivity index (χ0v) is 7.33. The average molecular weight is 220 g/mol. The molecule has 1 unspecified atom stereocenters. The molecule has 72 valence electrons. The Morgan fingerprint density at radius 1 is 1.18 bits per heavy atom. The number of halogens is 6. The van der Waals surface area contributed by atoms with Gasteiger partial charge < -0.3 is 0 Å². The Kier molecular flexibility index (Phi) is 3.63. The Bertz CT molecular complexity index is 122. The van der Waals surface area contributed by atoms with Gasteiger partial charge in [0.2, 0.25) is 0 Å². The summed E-state index contributed by atoms with van der Waals surface area (Å²) in [7, 11) is -8.12. The van der Waals surface area contributed by atoms with Crippen molar-refractivity contribution < 1.29 is 26.6 Å². The van der Waals surface area contributed by atoms with Crippen molar-refractivity contribution in [3.05, 3.63) is 12.7 Å². The minimum atomic E-state index is -10.7. The first kappa shape index (κ1) is 13.7. The maximum atomic E-state index is 9.87. The summed E-state index contributed by atoms with van der Waals surface area (Å²) >= 11 is 0. The van der Waals surface area contributed by atoms with Gasteiger partial charge in [0.25, 0.3) is 0 Å². The summed E-state index contributed by atoms with van der Waals surface area (Å²) in [6.45, 7) is 3.46. The summed E-state index contributed by atoms with van der Waals surface area (Å²) in [6.07, 6.45) is 2.84. The van der Waals surface area contributed by atoms with E-state index in [-0.39, 0.29) is 1.43 Å². The third-order valence-electron chi connectivity index (χ3n) is 0.167. The fourth-order valence-electron chi connectivity index (χ4n) is 0. The van der Waals surface area contributed by atoms with Gasteiger partial charge in [0.05, 0.1) is 0 Å². The molecule has 11 heavy (non-hydrogen) atoms. The van der Waals surface area contributed by atoms with E-state index < -0.39 is 7.81 Å². The van der Waals surface area contributed by atoms with Gasteiger partial charge in [-0.3, -0.25) is 0 Å². The molecule has 0 spiro atoms. The normalized spacial score (nSPS) is 17.0. The van der Waals surface area contributed by atoms with Crippen LogP contribution in [0.25, 0.3) is 0 Å². The molecule has 0 fully saturated rings. The molecule has 0 rings (SSSR count). The van der Waals surface area contributed by atoms with Gasteiger partial charge >= 0.3 is 34.4 Å². The molecule has 0 bridgehead atoms. The van der Waals surface area contributed by atoms with Crippen molar-refractivity contribution in [1.29, 1.82) is 0 Å². The first-order chi connectivity index (χ1) is 4.36. The van der Waals surface area contributed by atoms with Gasteiger partial charge in [-0.15, -0.1) is 15.8 Å². The largest absolute Gasteiger partial charge is 1.00 e. The smallest absolute Gasteiger partial charge is 1.00 e. The summed E-state index contributed by atoms with van der Waals surface area (Å²) in [5.74, 6) is 0. The first-order valence-electron chi connectivity index (χ1n) is 2.24. The fourth-order valence-corrected chi connectivity index (χ4v) is 0. The van der Waals surface area contributed by atoms with E-state index in [9.17, 15) is 25.2 Å². The molecule has 0 nitrogen and oxygen atoms in total. The molecule has 0 heterocycles. The molecule has 1 atom stereocenters. The minimum absolute atomic E-state index is 0. The van der Waals surface area contributed by atoms with Crippen LogP contribution in [0.15, 0.2) is 12.7 Å². The van der Waals surface area contributed by atoms with Crippen LogP contribution in [0.1, 0.15) is 1.43 Å². The van der Waals surface area contributed by atoms with Crippen LogP contribution in [0.2, 0.25) is 0 Å². The summed E-state index contributed by atoms with van der Waals surface area (Å²) in [4.78, 5) is 0. The quantitative estimate of drug-likeness (QED) is 0.345. The molecular formula is C3H8F6P2. The summed E-state index contributed by atoms with van der Waals surface area (Å²) in [5, 5.41) is 0. The van der Waals surface area contributed by atoms with Gasteiger partial charge in [-0.1, -0.05) is 6.08 Å². The predicted molar refractivity (Wildman–Crippen MR) is 39.5 cm³/mol. The van der Waals surface area contributed by atoms with Crippen LogP contribution in [-0.4, -0.2) is 6.16 Å². The van der Waals surface area contributed by atoms with Gasteiger partial charge in [-0.2, -0.15) is 0 Å². The van der Waals surface area contributed by atoms with Crippen molar-refractivity contribution in [3.63, 3.8) is 0 Å². The van der Waals surface area contributed by atoms with E-state index in [0.29, 0.717) is 0 Å². The topological polar surface area (TPSA) is 0 Å². The van der Waals surface area contributed by atoms with E-state index in [1.807, 2.05) is 6.08 Å². The van der Waals surface area contributed by atoms with Gasteiger partial charge in [0.1, 0.15) is 0 Å². The zero-order valence-electron chi connectivity index (χ0n) is 6.28. The number of rotatable bonds is 1. The maximum absolute atomic E-state index is 10.7. The Balaban J connectivity index is -0.000000142. The van der Waals surface area contributed by atoms with E-state index in [1.54, 1.807) is 0 Å². The van der Waals surface area contributed by atoms with Crippen molar-refractivity contribution in [2.24, 2.45) is 0 Å². The van der Waals surface area contributed by atoms with Crippen molar-refractivity contribution in [2.45, 2.75) is 0 Å². The first-order valence-corrected chi connectivity index (χ1v) is 5.08. The Hall–Kier alpha value is 0.180. The van der Waals surface area contributed by atoms with Crippen LogP contribution in [0.5, 0.6) is 0 Å². The van der Waals surface area contributed by atoms with Crippen LogP contribution in [-0.2, 0) is 0 Å². The molecule has 0 radical (unpaired) electrons. The summed E-state index contributed by atoms with van der Waals surface area (Å²) < 4.78 is 59.2.